The summed E-state index contributed by atoms with van der Waals surface area (Å²) in [5.74, 6) is 3.22. The van der Waals surface area contributed by atoms with E-state index in [-0.39, 0.29) is 29.3 Å². The van der Waals surface area contributed by atoms with Gasteiger partial charge in [-0.1, -0.05) is 40.5 Å². The van der Waals surface area contributed by atoms with Crippen molar-refractivity contribution in [1.82, 2.24) is 10.2 Å². The second-order valence-corrected chi connectivity index (χ2v) is 8.20. The lowest BCUT2D eigenvalue weighted by Gasteiger charge is -2.42. The summed E-state index contributed by atoms with van der Waals surface area (Å²) in [5.41, 5.74) is 0.209. The molecule has 28 heavy (non-hydrogen) atoms. The van der Waals surface area contributed by atoms with Crippen molar-refractivity contribution in [2.75, 3.05) is 6.54 Å². The third-order valence-corrected chi connectivity index (χ3v) is 5.28. The highest BCUT2D eigenvalue weighted by Gasteiger charge is 2.39. The fourth-order valence-electron chi connectivity index (χ4n) is 3.24. The highest BCUT2D eigenvalue weighted by molar-refractivity contribution is 5.98. The molecule has 0 spiro atoms. The van der Waals surface area contributed by atoms with Gasteiger partial charge in [0.1, 0.15) is 6.04 Å². The Hall–Kier alpha value is -2.42. The predicted molar refractivity (Wildman–Crippen MR) is 104 cm³/mol. The van der Waals surface area contributed by atoms with Gasteiger partial charge in [0.15, 0.2) is 11.6 Å². The van der Waals surface area contributed by atoms with Gasteiger partial charge in [-0.3, -0.25) is 9.59 Å². The smallest absolute Gasteiger partial charge is 0.299 e. The Morgan fingerprint density at radius 3 is 2.46 bits per heavy atom. The summed E-state index contributed by atoms with van der Waals surface area (Å²) in [6, 6.07) is 2.51. The Bertz CT molecular complexity index is 795. The first kappa shape index (κ1) is 21.9. The van der Waals surface area contributed by atoms with Crippen LogP contribution in [0.5, 0.6) is 0 Å². The van der Waals surface area contributed by atoms with Crippen LogP contribution in [0.25, 0.3) is 0 Å². The summed E-state index contributed by atoms with van der Waals surface area (Å²) in [6.07, 6.45) is 0.535. The van der Waals surface area contributed by atoms with Crippen LogP contribution in [-0.2, 0) is 9.59 Å². The largest absolute Gasteiger partial charge is 0.350 e. The number of hydrogen-bond acceptors (Lipinski definition) is 2. The van der Waals surface area contributed by atoms with Gasteiger partial charge in [0.05, 0.1) is 0 Å². The molecule has 152 valence electrons. The zero-order valence-corrected chi connectivity index (χ0v) is 17.1. The first-order valence-electron chi connectivity index (χ1n) is 9.68. The highest BCUT2D eigenvalue weighted by atomic mass is 19.2. The molecule has 0 saturated carbocycles. The molecule has 1 fully saturated rings. The number of benzene rings is 1. The molecular weight excluding hydrogens is 362 g/mol. The van der Waals surface area contributed by atoms with Crippen LogP contribution in [0.1, 0.15) is 46.6 Å². The molecule has 1 saturated heterocycles. The molecule has 1 aliphatic heterocycles. The van der Waals surface area contributed by atoms with E-state index in [1.165, 1.54) is 11.0 Å². The van der Waals surface area contributed by atoms with Gasteiger partial charge < -0.3 is 10.2 Å². The summed E-state index contributed by atoms with van der Waals surface area (Å²) in [7, 11) is 0. The molecule has 1 aromatic rings. The molecule has 2 rings (SSSR count). The van der Waals surface area contributed by atoms with E-state index in [0.717, 1.165) is 12.1 Å². The van der Waals surface area contributed by atoms with Crippen molar-refractivity contribution in [2.45, 2.75) is 53.1 Å². The number of piperazine rings is 1. The third-order valence-electron chi connectivity index (χ3n) is 5.28. The maximum Gasteiger partial charge on any atom is 0.299 e. The van der Waals surface area contributed by atoms with Gasteiger partial charge in [-0.15, -0.1) is 0 Å². The van der Waals surface area contributed by atoms with Crippen LogP contribution in [0.2, 0.25) is 0 Å². The molecule has 1 N–H and O–H groups in total. The van der Waals surface area contributed by atoms with Gasteiger partial charge in [-0.2, -0.15) is 0 Å². The number of hydrogen-bond donors (Lipinski definition) is 1. The SMILES string of the molecule is CC(C)CC1C(=O)NC(C(C)C(C)C)CN1C(=O)C#Cc1ccc(F)c(F)c1. The number of amides is 2. The molecule has 0 bridgehead atoms. The van der Waals surface area contributed by atoms with Gasteiger partial charge in [0.2, 0.25) is 5.91 Å². The molecule has 0 aromatic heterocycles. The van der Waals surface area contributed by atoms with Crippen LogP contribution in [0.3, 0.4) is 0 Å². The minimum absolute atomic E-state index is 0.148. The maximum absolute atomic E-state index is 13.3. The topological polar surface area (TPSA) is 49.4 Å². The second kappa shape index (κ2) is 9.18. The summed E-state index contributed by atoms with van der Waals surface area (Å²) >= 11 is 0. The minimum atomic E-state index is -1.01. The van der Waals surface area contributed by atoms with Crippen LogP contribution in [0.4, 0.5) is 8.78 Å². The molecule has 0 aliphatic carbocycles. The number of nitrogens with one attached hydrogen (secondary N) is 1. The standard InChI is InChI=1S/C22H28F2N2O2/c1-13(2)10-20-22(28)25-19(15(5)14(3)4)12-26(20)21(27)9-7-16-6-8-17(23)18(24)11-16/h6,8,11,13-15,19-20H,10,12H2,1-5H3,(H,25,28). The van der Waals surface area contributed by atoms with Crippen molar-refractivity contribution in [3.8, 4) is 11.8 Å². The summed E-state index contributed by atoms with van der Waals surface area (Å²) in [4.78, 5) is 27.0. The number of halogens is 2. The second-order valence-electron chi connectivity index (χ2n) is 8.20. The minimum Gasteiger partial charge on any atom is -0.350 e. The van der Waals surface area contributed by atoms with E-state index in [0.29, 0.717) is 18.9 Å². The molecule has 1 heterocycles. The van der Waals surface area contributed by atoms with Crippen LogP contribution >= 0.6 is 0 Å². The number of nitrogens with zero attached hydrogens (tertiary/aromatic N) is 1. The van der Waals surface area contributed by atoms with Gasteiger partial charge in [-0.05, 0) is 42.4 Å². The predicted octanol–water partition coefficient (Wildman–Crippen LogP) is 3.35. The van der Waals surface area contributed by atoms with Gasteiger partial charge in [0, 0.05) is 24.1 Å². The first-order chi connectivity index (χ1) is 13.1. The zero-order valence-electron chi connectivity index (χ0n) is 17.1. The first-order valence-corrected chi connectivity index (χ1v) is 9.68. The lowest BCUT2D eigenvalue weighted by molar-refractivity contribution is -0.142. The Labute approximate surface area is 165 Å². The highest BCUT2D eigenvalue weighted by Crippen LogP contribution is 2.23. The Morgan fingerprint density at radius 1 is 1.21 bits per heavy atom. The van der Waals surface area contributed by atoms with Crippen molar-refractivity contribution in [2.24, 2.45) is 17.8 Å². The number of carbonyl (C=O) groups is 2. The van der Waals surface area contributed by atoms with E-state index in [9.17, 15) is 18.4 Å². The lowest BCUT2D eigenvalue weighted by Crippen LogP contribution is -2.63. The van der Waals surface area contributed by atoms with Crippen molar-refractivity contribution < 1.29 is 18.4 Å². The Kier molecular flexibility index (Phi) is 7.17. The fourth-order valence-corrected chi connectivity index (χ4v) is 3.24. The van der Waals surface area contributed by atoms with Crippen molar-refractivity contribution in [1.29, 1.82) is 0 Å². The monoisotopic (exact) mass is 390 g/mol. The summed E-state index contributed by atoms with van der Waals surface area (Å²) in [6.45, 7) is 10.6. The molecule has 1 aliphatic rings. The van der Waals surface area contributed by atoms with Crippen LogP contribution < -0.4 is 5.32 Å². The summed E-state index contributed by atoms with van der Waals surface area (Å²) in [5, 5.41) is 3.05. The summed E-state index contributed by atoms with van der Waals surface area (Å²) < 4.78 is 26.4. The Balaban J connectivity index is 2.27. The fraction of sp³-hybridized carbons (Fsp3) is 0.545. The van der Waals surface area contributed by atoms with Gasteiger partial charge >= 0.3 is 0 Å². The van der Waals surface area contributed by atoms with E-state index in [4.69, 9.17) is 0 Å². The Morgan fingerprint density at radius 2 is 1.89 bits per heavy atom. The molecule has 3 atom stereocenters. The molecule has 3 unspecified atom stereocenters. The quantitative estimate of drug-likeness (QED) is 0.802. The van der Waals surface area contributed by atoms with Gasteiger partial charge in [0.25, 0.3) is 5.91 Å². The molecule has 1 aromatic carbocycles. The normalized spacial score (nSPS) is 20.6. The molecule has 2 amide bonds. The van der Waals surface area contributed by atoms with E-state index in [2.05, 4.69) is 31.0 Å². The lowest BCUT2D eigenvalue weighted by atomic mass is 9.87. The molecular formula is C22H28F2N2O2. The van der Waals surface area contributed by atoms with Crippen LogP contribution in [0.15, 0.2) is 18.2 Å². The number of rotatable bonds is 4. The van der Waals surface area contributed by atoms with E-state index in [1.54, 1.807) is 0 Å². The maximum atomic E-state index is 13.3. The van der Waals surface area contributed by atoms with Gasteiger partial charge in [-0.25, -0.2) is 8.78 Å². The molecule has 0 radical (unpaired) electrons. The van der Waals surface area contributed by atoms with Crippen LogP contribution in [0, 0.1) is 41.2 Å². The number of carbonyl (C=O) groups excluding carboxylic acids is 2. The van der Waals surface area contributed by atoms with E-state index < -0.39 is 23.6 Å². The average molecular weight is 390 g/mol. The average Bonchev–Trinajstić information content (AvgIpc) is 2.62. The van der Waals surface area contributed by atoms with E-state index >= 15 is 0 Å². The zero-order chi connectivity index (χ0) is 21.0. The van der Waals surface area contributed by atoms with Crippen molar-refractivity contribution in [3.63, 3.8) is 0 Å². The van der Waals surface area contributed by atoms with Crippen molar-refractivity contribution in [3.05, 3.63) is 35.4 Å². The van der Waals surface area contributed by atoms with E-state index in [1.807, 2.05) is 20.8 Å². The molecule has 4 nitrogen and oxygen atoms in total. The van der Waals surface area contributed by atoms with Crippen LogP contribution in [-0.4, -0.2) is 35.3 Å². The van der Waals surface area contributed by atoms with Crippen molar-refractivity contribution >= 4 is 11.8 Å². The molecule has 6 heteroatoms. The third kappa shape index (κ3) is 5.31.